The Labute approximate surface area is 457 Å². The lowest BCUT2D eigenvalue weighted by molar-refractivity contribution is -0.138. The van der Waals surface area contributed by atoms with Crippen LogP contribution in [-0.2, 0) is 36.9 Å². The Balaban J connectivity index is 0.779. The number of anilines is 1. The van der Waals surface area contributed by atoms with Gasteiger partial charge in [0.15, 0.2) is 23.0 Å². The second kappa shape index (κ2) is 26.2. The van der Waals surface area contributed by atoms with E-state index >= 15 is 0 Å². The minimum Gasteiger partial charge on any atom is -0.482 e. The fourth-order valence-electron chi connectivity index (χ4n) is 10.2. The quantitative estimate of drug-likeness (QED) is 0.0817. The Hall–Kier alpha value is -6.84. The molecule has 2 saturated heterocycles. The van der Waals surface area contributed by atoms with Crippen LogP contribution in [0.15, 0.2) is 59.7 Å². The standard InChI is InChI=1S/C55H68F2N12O8S/c1-33(60-3)52(72)63-49(55(74)68-17-6-7-44(68)53-62-43(32-78-53)50(71)36-8-10-38(56)11-9-36)35-14-18-67(19-15-35)22-24-76-26-25-75-23-16-47(70)65(4)20-21-69-45-31-66(5)54(73)40-13-12-39(57)28-41(40)34(2)77-46-27-37(30-61-51(46)59)48(45)42(29-58)64-69/h8-13,27-28,30,33-35,43-44,49,60H,6-7,14-26,31-32H2,1-5H3,(H2,59,61)(H,63,72)/t33-,34+,43?,44-,49-/m0/s1. The zero-order chi connectivity index (χ0) is 55.6. The van der Waals surface area contributed by atoms with E-state index in [1.165, 1.54) is 65.3 Å². The number of aromatic nitrogens is 3. The lowest BCUT2D eigenvalue weighted by atomic mass is 9.88. The van der Waals surface area contributed by atoms with Crippen molar-refractivity contribution in [2.75, 3.05) is 91.8 Å². The molecule has 0 saturated carbocycles. The van der Waals surface area contributed by atoms with Crippen LogP contribution in [0.25, 0.3) is 11.1 Å². The molecular formula is C55H68F2N12O8S. The van der Waals surface area contributed by atoms with E-state index in [2.05, 4.69) is 31.7 Å². The van der Waals surface area contributed by atoms with Crippen LogP contribution >= 0.6 is 11.8 Å². The van der Waals surface area contributed by atoms with Gasteiger partial charge in [0.2, 0.25) is 17.7 Å². The number of ether oxygens (including phenoxy) is 3. The third kappa shape index (κ3) is 13.5. The Bertz CT molecular complexity index is 2910. The predicted octanol–water partition coefficient (Wildman–Crippen LogP) is 4.48. The summed E-state index contributed by atoms with van der Waals surface area (Å²) in [6.07, 6.45) is 3.72. The number of hydrogen-bond acceptors (Lipinski definition) is 16. The summed E-state index contributed by atoms with van der Waals surface area (Å²) in [5.41, 5.74) is 8.70. The highest BCUT2D eigenvalue weighted by atomic mass is 32.2. The molecule has 0 radical (unpaired) electrons. The third-order valence-corrected chi connectivity index (χ3v) is 16.1. The van der Waals surface area contributed by atoms with Crippen LogP contribution in [0, 0.1) is 28.9 Å². The summed E-state index contributed by atoms with van der Waals surface area (Å²) < 4.78 is 47.5. The van der Waals surface area contributed by atoms with Crippen LogP contribution in [0.4, 0.5) is 14.6 Å². The average Bonchev–Trinajstić information content (AvgIpc) is 4.26. The first-order valence-corrected chi connectivity index (χ1v) is 27.4. The molecule has 5 atom stereocenters. The second-order valence-corrected chi connectivity index (χ2v) is 21.1. The zero-order valence-electron chi connectivity index (χ0n) is 44.7. The molecule has 0 spiro atoms. The summed E-state index contributed by atoms with van der Waals surface area (Å²) in [6, 6.07) is 11.0. The highest BCUT2D eigenvalue weighted by Crippen LogP contribution is 2.37. The SMILES string of the molecule is CN[C@@H](C)C(=O)N[C@H](C(=O)N1CCC[C@H]1C1=NC(C(=O)c2ccc(F)cc2)CS1)C1CCN(CCOCCOCCC(=O)N(C)CCn2nc(C#N)c3c2CN(C)C(=O)c2ccc(F)cc2[C@@H](C)Oc2cc-3cnc2N)CC1. The number of thioether (sulfide) groups is 1. The first kappa shape index (κ1) is 57.3. The van der Waals surface area contributed by atoms with Crippen molar-refractivity contribution in [3.8, 4) is 22.9 Å². The molecule has 2 aromatic heterocycles. The van der Waals surface area contributed by atoms with E-state index in [9.17, 15) is 38.0 Å². The Morgan fingerprint density at radius 1 is 1.00 bits per heavy atom. The van der Waals surface area contributed by atoms with Crippen molar-refractivity contribution in [1.29, 1.82) is 5.26 Å². The lowest BCUT2D eigenvalue weighted by Gasteiger charge is -2.38. The number of carbonyl (C=O) groups excluding carboxylic acids is 5. The number of fused-ring (bicyclic) bond motifs is 5. The van der Waals surface area contributed by atoms with Gasteiger partial charge in [-0.2, -0.15) is 10.4 Å². The van der Waals surface area contributed by atoms with Gasteiger partial charge in [-0.1, -0.05) is 0 Å². The summed E-state index contributed by atoms with van der Waals surface area (Å²) in [5.74, 6) is -1.47. The van der Waals surface area contributed by atoms with Crippen LogP contribution < -0.4 is 21.1 Å². The van der Waals surface area contributed by atoms with Gasteiger partial charge in [-0.3, -0.25) is 33.6 Å². The van der Waals surface area contributed by atoms with E-state index in [1.807, 2.05) is 4.90 Å². The van der Waals surface area contributed by atoms with Crippen LogP contribution in [0.5, 0.6) is 5.75 Å². The molecule has 4 aliphatic rings. The van der Waals surface area contributed by atoms with Gasteiger partial charge in [-0.25, -0.2) is 13.8 Å². The fraction of sp³-hybridized carbons (Fsp3) is 0.509. The largest absolute Gasteiger partial charge is 0.482 e. The molecule has 8 rings (SSSR count). The van der Waals surface area contributed by atoms with E-state index in [0.29, 0.717) is 92.4 Å². The number of aliphatic imine (C=N–C) groups is 1. The number of Topliss-reactive ketones (excluding diaryl/α,β-unsaturated/α-hetero) is 1. The lowest BCUT2D eigenvalue weighted by Crippen LogP contribution is -2.58. The van der Waals surface area contributed by atoms with Crippen molar-refractivity contribution in [3.05, 3.63) is 94.4 Å². The molecule has 4 aromatic rings. The Kier molecular flexibility index (Phi) is 19.3. The average molecular weight is 1100 g/mol. The fourth-order valence-corrected chi connectivity index (χ4v) is 11.4. The normalized spacial score (nSPS) is 19.6. The molecule has 2 fully saturated rings. The molecule has 2 aromatic carbocycles. The molecule has 0 aliphatic carbocycles. The molecule has 4 N–H and O–H groups in total. The monoisotopic (exact) mass is 1090 g/mol. The molecule has 4 aliphatic heterocycles. The van der Waals surface area contributed by atoms with Crippen LogP contribution in [0.2, 0.25) is 0 Å². The Morgan fingerprint density at radius 3 is 2.46 bits per heavy atom. The second-order valence-electron chi connectivity index (χ2n) is 20.1. The highest BCUT2D eigenvalue weighted by molar-refractivity contribution is 8.14. The topological polar surface area (TPSA) is 243 Å². The molecule has 4 amide bonds. The molecule has 6 heterocycles. The first-order chi connectivity index (χ1) is 37.5. The minimum absolute atomic E-state index is 0.0227. The van der Waals surface area contributed by atoms with Crippen molar-refractivity contribution in [2.45, 2.75) is 89.3 Å². The van der Waals surface area contributed by atoms with Gasteiger partial charge < -0.3 is 50.2 Å². The highest BCUT2D eigenvalue weighted by Gasteiger charge is 2.43. The van der Waals surface area contributed by atoms with E-state index in [4.69, 9.17) is 24.9 Å². The summed E-state index contributed by atoms with van der Waals surface area (Å²) in [5, 5.41) is 21.6. The van der Waals surface area contributed by atoms with E-state index in [-0.39, 0.29) is 97.6 Å². The summed E-state index contributed by atoms with van der Waals surface area (Å²) in [7, 11) is 4.98. The maximum absolute atomic E-state index is 14.5. The number of piperidine rings is 1. The predicted molar refractivity (Wildman–Crippen MR) is 288 cm³/mol. The number of rotatable bonds is 20. The van der Waals surface area contributed by atoms with Crippen LogP contribution in [0.3, 0.4) is 0 Å². The number of halogens is 2. The number of carbonyl (C=O) groups is 5. The van der Waals surface area contributed by atoms with Gasteiger partial charge in [-0.05, 0) is 114 Å². The maximum atomic E-state index is 14.5. The maximum Gasteiger partial charge on any atom is 0.254 e. The number of benzene rings is 2. The smallest absolute Gasteiger partial charge is 0.254 e. The van der Waals surface area contributed by atoms with Gasteiger partial charge in [0.05, 0.1) is 68.8 Å². The van der Waals surface area contributed by atoms with Crippen molar-refractivity contribution < 1.29 is 47.0 Å². The number of nitrogens with zero attached hydrogens (tertiary/aromatic N) is 9. The number of ketones is 1. The molecule has 2 bridgehead atoms. The number of pyridine rings is 1. The summed E-state index contributed by atoms with van der Waals surface area (Å²) in [4.78, 5) is 84.4. The van der Waals surface area contributed by atoms with Crippen molar-refractivity contribution in [1.82, 2.24) is 45.0 Å². The Morgan fingerprint density at radius 2 is 1.73 bits per heavy atom. The molecule has 23 heteroatoms. The van der Waals surface area contributed by atoms with Crippen LogP contribution in [0.1, 0.15) is 89.7 Å². The van der Waals surface area contributed by atoms with Gasteiger partial charge >= 0.3 is 0 Å². The van der Waals surface area contributed by atoms with Gasteiger partial charge in [-0.15, -0.1) is 11.8 Å². The molecular weight excluding hydrogens is 1030 g/mol. The molecule has 78 heavy (non-hydrogen) atoms. The minimum atomic E-state index is -0.774. The summed E-state index contributed by atoms with van der Waals surface area (Å²) in [6.45, 7) is 7.76. The number of nitriles is 1. The molecule has 20 nitrogen and oxygen atoms in total. The number of likely N-dealkylation sites (tertiary alicyclic amines) is 2. The summed E-state index contributed by atoms with van der Waals surface area (Å²) >= 11 is 1.48. The third-order valence-electron chi connectivity index (χ3n) is 14.9. The van der Waals surface area contributed by atoms with Gasteiger partial charge in [0, 0.05) is 73.5 Å². The number of nitrogens with one attached hydrogen (secondary N) is 2. The number of hydrogen-bond donors (Lipinski definition) is 3. The van der Waals surface area contributed by atoms with E-state index < -0.39 is 41.8 Å². The number of nitrogens with two attached hydrogens (primary N) is 1. The number of likely N-dealkylation sites (N-methyl/N-ethyl adjacent to an activating group) is 2. The number of amides is 4. The van der Waals surface area contributed by atoms with Crippen molar-refractivity contribution in [3.63, 3.8) is 0 Å². The molecule has 416 valence electrons. The van der Waals surface area contributed by atoms with Crippen molar-refractivity contribution in [2.24, 2.45) is 10.9 Å². The van der Waals surface area contributed by atoms with Crippen molar-refractivity contribution >= 4 is 52.0 Å². The first-order valence-electron chi connectivity index (χ1n) is 26.4. The number of nitrogen functional groups attached to an aromatic ring is 1. The van der Waals surface area contributed by atoms with E-state index in [0.717, 1.165) is 11.5 Å². The van der Waals surface area contributed by atoms with Crippen LogP contribution in [-0.4, -0.2) is 179 Å². The van der Waals surface area contributed by atoms with E-state index in [1.54, 1.807) is 50.6 Å². The van der Waals surface area contributed by atoms with Gasteiger partial charge in [0.25, 0.3) is 5.91 Å². The molecule has 1 unspecified atom stereocenters. The zero-order valence-corrected chi connectivity index (χ0v) is 45.5. The van der Waals surface area contributed by atoms with Gasteiger partial charge in [0.1, 0.15) is 35.9 Å².